The van der Waals surface area contributed by atoms with Gasteiger partial charge in [0.05, 0.1) is 4.90 Å². The van der Waals surface area contributed by atoms with E-state index in [4.69, 9.17) is 0 Å². The Kier molecular flexibility index (Phi) is 6.33. The molecule has 0 aromatic heterocycles. The summed E-state index contributed by atoms with van der Waals surface area (Å²) in [5, 5.41) is 2.87. The van der Waals surface area contributed by atoms with Gasteiger partial charge in [0, 0.05) is 17.3 Å². The van der Waals surface area contributed by atoms with Crippen molar-refractivity contribution in [1.82, 2.24) is 4.72 Å². The monoisotopic (exact) mass is 360 g/mol. The van der Waals surface area contributed by atoms with Crippen molar-refractivity contribution in [3.63, 3.8) is 0 Å². The Labute approximate surface area is 149 Å². The van der Waals surface area contributed by atoms with E-state index >= 15 is 0 Å². The number of carbonyl (C=O) groups is 1. The van der Waals surface area contributed by atoms with Crippen molar-refractivity contribution >= 4 is 21.6 Å². The third-order valence-electron chi connectivity index (χ3n) is 4.04. The van der Waals surface area contributed by atoms with Gasteiger partial charge in [-0.2, -0.15) is 0 Å². The molecule has 0 spiro atoms. The minimum Gasteiger partial charge on any atom is -0.322 e. The van der Waals surface area contributed by atoms with Crippen LogP contribution < -0.4 is 10.0 Å². The number of nitrogens with one attached hydrogen (secondary N) is 2. The van der Waals surface area contributed by atoms with Crippen LogP contribution in [0.5, 0.6) is 0 Å². The highest BCUT2D eigenvalue weighted by Crippen LogP contribution is 2.17. The second-order valence-electron chi connectivity index (χ2n) is 5.92. The fraction of sp³-hybridized carbons (Fsp3) is 0.316. The average Bonchev–Trinajstić information content (AvgIpc) is 2.61. The predicted octanol–water partition coefficient (Wildman–Crippen LogP) is 3.58. The highest BCUT2D eigenvalue weighted by Gasteiger charge is 2.17. The third-order valence-corrected chi connectivity index (χ3v) is 5.65. The van der Waals surface area contributed by atoms with E-state index in [-0.39, 0.29) is 16.8 Å². The van der Waals surface area contributed by atoms with Crippen LogP contribution in [0, 0.1) is 0 Å². The van der Waals surface area contributed by atoms with Gasteiger partial charge in [0.1, 0.15) is 0 Å². The molecule has 25 heavy (non-hydrogen) atoms. The van der Waals surface area contributed by atoms with Crippen molar-refractivity contribution in [2.45, 2.75) is 44.6 Å². The van der Waals surface area contributed by atoms with Crippen molar-refractivity contribution < 1.29 is 13.2 Å². The van der Waals surface area contributed by atoms with Crippen molar-refractivity contribution in [2.24, 2.45) is 0 Å². The number of hydrogen-bond acceptors (Lipinski definition) is 3. The number of benzene rings is 2. The van der Waals surface area contributed by atoms with Gasteiger partial charge in [0.15, 0.2) is 0 Å². The maximum atomic E-state index is 12.4. The zero-order chi connectivity index (χ0) is 18.4. The lowest BCUT2D eigenvalue weighted by Gasteiger charge is -2.13. The standard InChI is InChI=1S/C19H24N2O3S/c1-4-14(3)21-25(23,24)17-12-10-16(11-13-17)19(22)20-18-9-7-6-8-15(18)5-2/h6-14,21H,4-5H2,1-3H3,(H,20,22). The van der Waals surface area contributed by atoms with Crippen molar-refractivity contribution in [2.75, 3.05) is 5.32 Å². The lowest BCUT2D eigenvalue weighted by molar-refractivity contribution is 0.102. The average molecular weight is 360 g/mol. The van der Waals surface area contributed by atoms with Gasteiger partial charge in [-0.3, -0.25) is 4.79 Å². The first-order valence-corrected chi connectivity index (χ1v) is 9.87. The Morgan fingerprint density at radius 3 is 2.28 bits per heavy atom. The van der Waals surface area contributed by atoms with Gasteiger partial charge < -0.3 is 5.32 Å². The summed E-state index contributed by atoms with van der Waals surface area (Å²) in [7, 11) is -3.57. The molecule has 0 bridgehead atoms. The number of sulfonamides is 1. The van der Waals surface area contributed by atoms with Crippen LogP contribution in [-0.2, 0) is 16.4 Å². The Hall–Kier alpha value is -2.18. The summed E-state index contributed by atoms with van der Waals surface area (Å²) in [6, 6.07) is 13.4. The number of anilines is 1. The molecule has 0 aliphatic rings. The predicted molar refractivity (Wildman–Crippen MR) is 100 cm³/mol. The van der Waals surface area contributed by atoms with E-state index in [1.165, 1.54) is 24.3 Å². The van der Waals surface area contributed by atoms with Crippen LogP contribution in [0.2, 0.25) is 0 Å². The van der Waals surface area contributed by atoms with E-state index in [1.54, 1.807) is 0 Å². The van der Waals surface area contributed by atoms with Crippen LogP contribution in [-0.4, -0.2) is 20.4 Å². The molecule has 1 amide bonds. The number of para-hydroxylation sites is 1. The van der Waals surface area contributed by atoms with Gasteiger partial charge in [-0.05, 0) is 55.7 Å². The van der Waals surface area contributed by atoms with E-state index in [2.05, 4.69) is 10.0 Å². The molecule has 0 saturated heterocycles. The van der Waals surface area contributed by atoms with Crippen molar-refractivity contribution in [3.8, 4) is 0 Å². The highest BCUT2D eigenvalue weighted by molar-refractivity contribution is 7.89. The van der Waals surface area contributed by atoms with E-state index in [0.29, 0.717) is 12.0 Å². The zero-order valence-corrected chi connectivity index (χ0v) is 15.6. The molecule has 2 rings (SSSR count). The number of amides is 1. The Bertz CT molecular complexity index is 830. The molecule has 2 aromatic carbocycles. The van der Waals surface area contributed by atoms with Gasteiger partial charge in [-0.25, -0.2) is 13.1 Å². The first kappa shape index (κ1) is 19.1. The highest BCUT2D eigenvalue weighted by atomic mass is 32.2. The smallest absolute Gasteiger partial charge is 0.255 e. The van der Waals surface area contributed by atoms with Gasteiger partial charge in [-0.15, -0.1) is 0 Å². The lowest BCUT2D eigenvalue weighted by Crippen LogP contribution is -2.32. The minimum absolute atomic E-state index is 0.140. The molecule has 0 fully saturated rings. The first-order valence-electron chi connectivity index (χ1n) is 8.39. The van der Waals surface area contributed by atoms with E-state index < -0.39 is 10.0 Å². The Balaban J connectivity index is 2.15. The second kappa shape index (κ2) is 8.27. The molecule has 0 aliphatic carbocycles. The first-order chi connectivity index (χ1) is 11.9. The lowest BCUT2D eigenvalue weighted by atomic mass is 10.1. The zero-order valence-electron chi connectivity index (χ0n) is 14.7. The summed E-state index contributed by atoms with van der Waals surface area (Å²) >= 11 is 0. The Morgan fingerprint density at radius 2 is 1.68 bits per heavy atom. The molecule has 0 heterocycles. The second-order valence-corrected chi connectivity index (χ2v) is 7.63. The Morgan fingerprint density at radius 1 is 1.04 bits per heavy atom. The van der Waals surface area contributed by atoms with Crippen LogP contribution in [0.1, 0.15) is 43.1 Å². The molecule has 5 nitrogen and oxygen atoms in total. The quantitative estimate of drug-likeness (QED) is 0.792. The van der Waals surface area contributed by atoms with Crippen LogP contribution in [0.25, 0.3) is 0 Å². The van der Waals surface area contributed by atoms with E-state index in [0.717, 1.165) is 17.7 Å². The molecule has 6 heteroatoms. The number of hydrogen-bond donors (Lipinski definition) is 2. The van der Waals surface area contributed by atoms with Crippen LogP contribution in [0.3, 0.4) is 0 Å². The van der Waals surface area contributed by atoms with Crippen LogP contribution in [0.4, 0.5) is 5.69 Å². The number of aryl methyl sites for hydroxylation is 1. The number of carbonyl (C=O) groups excluding carboxylic acids is 1. The molecule has 0 radical (unpaired) electrons. The molecular formula is C19H24N2O3S. The molecule has 2 aromatic rings. The summed E-state index contributed by atoms with van der Waals surface area (Å²) in [5.74, 6) is -0.264. The summed E-state index contributed by atoms with van der Waals surface area (Å²) in [5.41, 5.74) is 2.23. The fourth-order valence-corrected chi connectivity index (χ4v) is 3.67. The minimum atomic E-state index is -3.57. The molecular weight excluding hydrogens is 336 g/mol. The largest absolute Gasteiger partial charge is 0.322 e. The summed E-state index contributed by atoms with van der Waals surface area (Å²) in [6.45, 7) is 5.74. The topological polar surface area (TPSA) is 75.3 Å². The maximum absolute atomic E-state index is 12.4. The van der Waals surface area contributed by atoms with E-state index in [9.17, 15) is 13.2 Å². The van der Waals surface area contributed by atoms with Gasteiger partial charge in [0.25, 0.3) is 5.91 Å². The van der Waals surface area contributed by atoms with Gasteiger partial charge in [0.2, 0.25) is 10.0 Å². The summed E-state index contributed by atoms with van der Waals surface area (Å²) < 4.78 is 27.1. The molecule has 2 N–H and O–H groups in total. The molecule has 134 valence electrons. The van der Waals surface area contributed by atoms with Gasteiger partial charge >= 0.3 is 0 Å². The number of rotatable bonds is 7. The SMILES string of the molecule is CCc1ccccc1NC(=O)c1ccc(S(=O)(=O)NC(C)CC)cc1. The maximum Gasteiger partial charge on any atom is 0.255 e. The van der Waals surface area contributed by atoms with Crippen molar-refractivity contribution in [1.29, 1.82) is 0 Å². The molecule has 1 unspecified atom stereocenters. The van der Waals surface area contributed by atoms with E-state index in [1.807, 2.05) is 45.0 Å². The fourth-order valence-electron chi connectivity index (χ4n) is 2.35. The molecule has 1 atom stereocenters. The molecule has 0 aliphatic heterocycles. The van der Waals surface area contributed by atoms with Crippen molar-refractivity contribution in [3.05, 3.63) is 59.7 Å². The van der Waals surface area contributed by atoms with Crippen LogP contribution in [0.15, 0.2) is 53.4 Å². The third kappa shape index (κ3) is 4.90. The molecule has 0 saturated carbocycles. The van der Waals surface area contributed by atoms with Gasteiger partial charge in [-0.1, -0.05) is 32.0 Å². The summed E-state index contributed by atoms with van der Waals surface area (Å²) in [4.78, 5) is 12.5. The van der Waals surface area contributed by atoms with Crippen LogP contribution >= 0.6 is 0 Å². The summed E-state index contributed by atoms with van der Waals surface area (Å²) in [6.07, 6.45) is 1.52. The normalized spacial score (nSPS) is 12.6.